The molecule has 0 saturated heterocycles. The first-order valence-corrected chi connectivity index (χ1v) is 6.32. The fourth-order valence-electron chi connectivity index (χ4n) is 2.76. The maximum absolute atomic E-state index is 10.7. The van der Waals surface area contributed by atoms with Gasteiger partial charge in [-0.15, -0.1) is 0 Å². The smallest absolute Gasteiger partial charge is 0.235 e. The van der Waals surface area contributed by atoms with Crippen molar-refractivity contribution in [3.63, 3.8) is 0 Å². The maximum Gasteiger partial charge on any atom is 0.235 e. The molecule has 18 heavy (non-hydrogen) atoms. The molecule has 2 aliphatic rings. The normalized spacial score (nSPS) is 19.6. The molecule has 1 aromatic rings. The SMILES string of the molecule is O=C=NC1(c2cc3c(cc2Cl)OCO3)CCCC1. The Hall–Kier alpha value is -1.51. The second-order valence-electron chi connectivity index (χ2n) is 4.63. The third kappa shape index (κ3) is 1.69. The average Bonchev–Trinajstić information content (AvgIpc) is 2.97. The average molecular weight is 266 g/mol. The molecule has 1 fully saturated rings. The molecule has 0 spiro atoms. The molecule has 1 saturated carbocycles. The van der Waals surface area contributed by atoms with Crippen LogP contribution in [0.3, 0.4) is 0 Å². The molecule has 0 amide bonds. The van der Waals surface area contributed by atoms with Crippen LogP contribution in [0.2, 0.25) is 5.02 Å². The van der Waals surface area contributed by atoms with Gasteiger partial charge in [-0.2, -0.15) is 4.99 Å². The van der Waals surface area contributed by atoms with Crippen molar-refractivity contribution in [2.45, 2.75) is 31.2 Å². The molecule has 0 aromatic heterocycles. The summed E-state index contributed by atoms with van der Waals surface area (Å²) in [5.41, 5.74) is 0.314. The van der Waals surface area contributed by atoms with Gasteiger partial charge in [0.25, 0.3) is 0 Å². The van der Waals surface area contributed by atoms with Gasteiger partial charge in [-0.25, -0.2) is 4.79 Å². The quantitative estimate of drug-likeness (QED) is 0.609. The molecule has 0 unspecified atom stereocenters. The fraction of sp³-hybridized carbons (Fsp3) is 0.462. The highest BCUT2D eigenvalue weighted by atomic mass is 35.5. The van der Waals surface area contributed by atoms with Gasteiger partial charge in [0.15, 0.2) is 11.5 Å². The van der Waals surface area contributed by atoms with E-state index < -0.39 is 5.54 Å². The number of hydrogen-bond acceptors (Lipinski definition) is 4. The first-order valence-electron chi connectivity index (χ1n) is 5.94. The summed E-state index contributed by atoms with van der Waals surface area (Å²) in [4.78, 5) is 14.7. The number of aliphatic imine (C=N–C) groups is 1. The van der Waals surface area contributed by atoms with Crippen LogP contribution in [0.15, 0.2) is 17.1 Å². The summed E-state index contributed by atoms with van der Waals surface area (Å²) < 4.78 is 10.6. The number of rotatable bonds is 2. The van der Waals surface area contributed by atoms with Crippen LogP contribution in [0, 0.1) is 0 Å². The number of carbonyl (C=O) groups excluding carboxylic acids is 1. The van der Waals surface area contributed by atoms with Crippen LogP contribution in [0.25, 0.3) is 0 Å². The van der Waals surface area contributed by atoms with Gasteiger partial charge in [0.05, 0.1) is 10.6 Å². The monoisotopic (exact) mass is 265 g/mol. The van der Waals surface area contributed by atoms with Gasteiger partial charge in [0.2, 0.25) is 12.9 Å². The lowest BCUT2D eigenvalue weighted by Gasteiger charge is -2.24. The van der Waals surface area contributed by atoms with Crippen LogP contribution in [-0.4, -0.2) is 12.9 Å². The molecule has 1 aromatic carbocycles. The van der Waals surface area contributed by atoms with Crippen molar-refractivity contribution in [1.29, 1.82) is 0 Å². The minimum Gasteiger partial charge on any atom is -0.454 e. The van der Waals surface area contributed by atoms with Crippen molar-refractivity contribution in [2.75, 3.05) is 6.79 Å². The second-order valence-corrected chi connectivity index (χ2v) is 5.03. The standard InChI is InChI=1S/C13H12ClNO3/c14-10-6-12-11(17-8-18-12)5-9(10)13(15-7-16)3-1-2-4-13/h5-6H,1-4,8H2. The van der Waals surface area contributed by atoms with Gasteiger partial charge >= 0.3 is 0 Å². The van der Waals surface area contributed by atoms with Gasteiger partial charge in [0.1, 0.15) is 0 Å². The molecule has 1 heterocycles. The van der Waals surface area contributed by atoms with E-state index >= 15 is 0 Å². The Morgan fingerprint density at radius 3 is 2.56 bits per heavy atom. The molecule has 5 heteroatoms. The largest absolute Gasteiger partial charge is 0.454 e. The second kappa shape index (κ2) is 4.30. The molecule has 0 atom stereocenters. The summed E-state index contributed by atoms with van der Waals surface area (Å²) in [6.07, 6.45) is 5.41. The van der Waals surface area contributed by atoms with E-state index in [1.165, 1.54) is 0 Å². The highest BCUT2D eigenvalue weighted by molar-refractivity contribution is 6.31. The zero-order chi connectivity index (χ0) is 12.6. The molecule has 1 aliphatic heterocycles. The first-order chi connectivity index (χ1) is 8.75. The minimum absolute atomic E-state index is 0.207. The maximum atomic E-state index is 10.7. The van der Waals surface area contributed by atoms with E-state index in [0.29, 0.717) is 16.5 Å². The first kappa shape index (κ1) is 11.6. The topological polar surface area (TPSA) is 47.9 Å². The number of halogens is 1. The van der Waals surface area contributed by atoms with Crippen molar-refractivity contribution >= 4 is 17.7 Å². The van der Waals surface area contributed by atoms with Gasteiger partial charge < -0.3 is 9.47 Å². The van der Waals surface area contributed by atoms with Crippen LogP contribution >= 0.6 is 11.6 Å². The molecular formula is C13H12ClNO3. The minimum atomic E-state index is -0.528. The molecule has 4 nitrogen and oxygen atoms in total. The Bertz CT molecular complexity index is 531. The lowest BCUT2D eigenvalue weighted by atomic mass is 9.88. The number of hydrogen-bond donors (Lipinski definition) is 0. The van der Waals surface area contributed by atoms with E-state index in [1.807, 2.05) is 6.07 Å². The summed E-state index contributed by atoms with van der Waals surface area (Å²) >= 11 is 6.29. The molecule has 0 radical (unpaired) electrons. The van der Waals surface area contributed by atoms with E-state index in [0.717, 1.165) is 31.2 Å². The fourth-order valence-corrected chi connectivity index (χ4v) is 3.09. The third-order valence-electron chi connectivity index (χ3n) is 3.65. The van der Waals surface area contributed by atoms with Crippen molar-refractivity contribution in [3.8, 4) is 11.5 Å². The lowest BCUT2D eigenvalue weighted by Crippen LogP contribution is -2.19. The third-order valence-corrected chi connectivity index (χ3v) is 3.97. The zero-order valence-electron chi connectivity index (χ0n) is 9.74. The summed E-state index contributed by atoms with van der Waals surface area (Å²) in [5, 5.41) is 0.570. The van der Waals surface area contributed by atoms with E-state index in [-0.39, 0.29) is 6.79 Å². The molecule has 94 valence electrons. The van der Waals surface area contributed by atoms with Crippen molar-refractivity contribution in [1.82, 2.24) is 0 Å². The van der Waals surface area contributed by atoms with Crippen molar-refractivity contribution < 1.29 is 14.3 Å². The van der Waals surface area contributed by atoms with E-state index in [9.17, 15) is 4.79 Å². The summed E-state index contributed by atoms with van der Waals surface area (Å²) in [5.74, 6) is 1.31. The van der Waals surface area contributed by atoms with Crippen LogP contribution in [0.1, 0.15) is 31.2 Å². The predicted octanol–water partition coefficient (Wildman–Crippen LogP) is 3.17. The molecule has 0 N–H and O–H groups in total. The predicted molar refractivity (Wildman–Crippen MR) is 65.8 cm³/mol. The number of nitrogens with zero attached hydrogens (tertiary/aromatic N) is 1. The number of fused-ring (bicyclic) bond motifs is 1. The Morgan fingerprint density at radius 2 is 1.89 bits per heavy atom. The summed E-state index contributed by atoms with van der Waals surface area (Å²) in [6.45, 7) is 0.207. The van der Waals surface area contributed by atoms with E-state index in [1.54, 1.807) is 12.1 Å². The molecule has 1 aliphatic carbocycles. The van der Waals surface area contributed by atoms with Gasteiger partial charge in [-0.1, -0.05) is 24.4 Å². The Kier molecular flexibility index (Phi) is 2.77. The van der Waals surface area contributed by atoms with Crippen LogP contribution in [0.4, 0.5) is 0 Å². The van der Waals surface area contributed by atoms with Crippen LogP contribution in [-0.2, 0) is 10.3 Å². The summed E-state index contributed by atoms with van der Waals surface area (Å²) in [6, 6.07) is 3.58. The van der Waals surface area contributed by atoms with Crippen molar-refractivity contribution in [3.05, 3.63) is 22.7 Å². The van der Waals surface area contributed by atoms with Crippen molar-refractivity contribution in [2.24, 2.45) is 4.99 Å². The van der Waals surface area contributed by atoms with Gasteiger partial charge in [-0.05, 0) is 18.9 Å². The van der Waals surface area contributed by atoms with E-state index in [2.05, 4.69) is 4.99 Å². The Morgan fingerprint density at radius 1 is 1.22 bits per heavy atom. The summed E-state index contributed by atoms with van der Waals surface area (Å²) in [7, 11) is 0. The number of ether oxygens (including phenoxy) is 2. The molecule has 0 bridgehead atoms. The number of isocyanates is 1. The van der Waals surface area contributed by atoms with Crippen LogP contribution < -0.4 is 9.47 Å². The Labute approximate surface area is 110 Å². The van der Waals surface area contributed by atoms with Gasteiger partial charge in [-0.3, -0.25) is 0 Å². The van der Waals surface area contributed by atoms with E-state index in [4.69, 9.17) is 21.1 Å². The molecule has 3 rings (SSSR count). The molecular weight excluding hydrogens is 254 g/mol. The highest BCUT2D eigenvalue weighted by Gasteiger charge is 2.38. The lowest BCUT2D eigenvalue weighted by molar-refractivity contribution is 0.174. The zero-order valence-corrected chi connectivity index (χ0v) is 10.5. The van der Waals surface area contributed by atoms with Crippen LogP contribution in [0.5, 0.6) is 11.5 Å². The Balaban J connectivity index is 2.12. The van der Waals surface area contributed by atoms with Gasteiger partial charge in [0, 0.05) is 11.6 Å². The number of benzene rings is 1. The highest BCUT2D eigenvalue weighted by Crippen LogP contribution is 2.48.